The van der Waals surface area contributed by atoms with Gasteiger partial charge in [0.1, 0.15) is 17.4 Å². The van der Waals surface area contributed by atoms with Crippen LogP contribution in [-0.4, -0.2) is 46.1 Å². The second-order valence-corrected chi connectivity index (χ2v) is 7.21. The quantitative estimate of drug-likeness (QED) is 0.722. The third-order valence-corrected chi connectivity index (χ3v) is 5.23. The number of hydrogen-bond donors (Lipinski definition) is 1. The first-order chi connectivity index (χ1) is 13.3. The van der Waals surface area contributed by atoms with Gasteiger partial charge < -0.3 is 14.8 Å². The summed E-state index contributed by atoms with van der Waals surface area (Å²) in [5.74, 6) is 3.06. The van der Waals surface area contributed by atoms with Crippen LogP contribution < -0.4 is 10.1 Å². The van der Waals surface area contributed by atoms with E-state index in [1.807, 2.05) is 35.1 Å². The zero-order valence-corrected chi connectivity index (χ0v) is 15.4. The number of nitrogens with zero attached hydrogens (tertiary/aromatic N) is 4. The molecule has 0 spiro atoms. The number of fused-ring (bicyclic) bond motifs is 1. The van der Waals surface area contributed by atoms with Crippen LogP contribution in [-0.2, 0) is 4.74 Å². The minimum Gasteiger partial charge on any atom is -0.497 e. The Hall–Kier alpha value is -2.67. The highest BCUT2D eigenvalue weighted by molar-refractivity contribution is 5.87. The Bertz CT molecular complexity index is 943. The predicted octanol–water partition coefficient (Wildman–Crippen LogP) is 3.29. The van der Waals surface area contributed by atoms with Crippen LogP contribution in [0.25, 0.3) is 16.7 Å². The van der Waals surface area contributed by atoms with Gasteiger partial charge in [-0.25, -0.2) is 14.6 Å². The highest BCUT2D eigenvalue weighted by atomic mass is 16.5. The molecule has 0 amide bonds. The van der Waals surface area contributed by atoms with Crippen LogP contribution in [0.3, 0.4) is 0 Å². The van der Waals surface area contributed by atoms with Gasteiger partial charge in [0.15, 0.2) is 5.65 Å². The third-order valence-electron chi connectivity index (χ3n) is 5.23. The number of hydrogen-bond acceptors (Lipinski definition) is 6. The highest BCUT2D eigenvalue weighted by Gasteiger charge is 2.29. The van der Waals surface area contributed by atoms with Crippen LogP contribution in [0, 0.1) is 0 Å². The summed E-state index contributed by atoms with van der Waals surface area (Å²) in [7, 11) is 1.67. The topological polar surface area (TPSA) is 74.1 Å². The molecule has 140 valence electrons. The Balaban J connectivity index is 1.52. The Morgan fingerprint density at radius 2 is 2.04 bits per heavy atom. The molecule has 1 saturated carbocycles. The molecule has 2 aromatic heterocycles. The SMILES string of the molecule is COc1ccc(-n2ncc3c(NCC4CCCO4)nc(C4CC4)nc32)cc1. The van der Waals surface area contributed by atoms with Gasteiger partial charge in [-0.15, -0.1) is 0 Å². The lowest BCUT2D eigenvalue weighted by atomic mass is 10.2. The molecule has 1 aliphatic carbocycles. The van der Waals surface area contributed by atoms with E-state index >= 15 is 0 Å². The summed E-state index contributed by atoms with van der Waals surface area (Å²) in [4.78, 5) is 9.65. The molecule has 7 heteroatoms. The monoisotopic (exact) mass is 365 g/mol. The van der Waals surface area contributed by atoms with Gasteiger partial charge in [-0.3, -0.25) is 0 Å². The molecule has 1 atom stereocenters. The summed E-state index contributed by atoms with van der Waals surface area (Å²) < 4.78 is 12.9. The fourth-order valence-electron chi connectivity index (χ4n) is 3.51. The minimum atomic E-state index is 0.260. The molecule has 0 radical (unpaired) electrons. The van der Waals surface area contributed by atoms with E-state index in [2.05, 4.69) is 10.4 Å². The van der Waals surface area contributed by atoms with Crippen LogP contribution in [0.5, 0.6) is 5.75 Å². The van der Waals surface area contributed by atoms with Gasteiger partial charge in [0, 0.05) is 19.1 Å². The average molecular weight is 365 g/mol. The van der Waals surface area contributed by atoms with E-state index in [9.17, 15) is 0 Å². The van der Waals surface area contributed by atoms with Crippen molar-refractivity contribution >= 4 is 16.9 Å². The molecule has 3 heterocycles. The van der Waals surface area contributed by atoms with Crippen LogP contribution >= 0.6 is 0 Å². The average Bonchev–Trinajstić information content (AvgIpc) is 3.26. The number of rotatable bonds is 6. The van der Waals surface area contributed by atoms with Gasteiger partial charge in [0.2, 0.25) is 0 Å². The molecule has 3 aromatic rings. The molecular weight excluding hydrogens is 342 g/mol. The molecule has 1 unspecified atom stereocenters. The third kappa shape index (κ3) is 3.23. The minimum absolute atomic E-state index is 0.260. The summed E-state index contributed by atoms with van der Waals surface area (Å²) >= 11 is 0. The summed E-state index contributed by atoms with van der Waals surface area (Å²) in [6.07, 6.45) is 6.65. The maximum atomic E-state index is 5.73. The first kappa shape index (κ1) is 16.5. The fourth-order valence-corrected chi connectivity index (χ4v) is 3.51. The first-order valence-electron chi connectivity index (χ1n) is 9.57. The van der Waals surface area contributed by atoms with Gasteiger partial charge in [-0.05, 0) is 49.9 Å². The molecule has 1 aromatic carbocycles. The van der Waals surface area contributed by atoms with E-state index in [1.165, 1.54) is 0 Å². The van der Waals surface area contributed by atoms with Crippen molar-refractivity contribution in [3.05, 3.63) is 36.3 Å². The van der Waals surface area contributed by atoms with Crippen LogP contribution in [0.1, 0.15) is 37.4 Å². The Kier molecular flexibility index (Phi) is 4.16. The second kappa shape index (κ2) is 6.81. The Morgan fingerprint density at radius 1 is 1.19 bits per heavy atom. The van der Waals surface area contributed by atoms with Crippen molar-refractivity contribution in [1.29, 1.82) is 0 Å². The molecule has 5 rings (SSSR count). The summed E-state index contributed by atoms with van der Waals surface area (Å²) in [6, 6.07) is 7.85. The van der Waals surface area contributed by atoms with Crippen molar-refractivity contribution in [1.82, 2.24) is 19.7 Å². The standard InChI is InChI=1S/C20H23N5O2/c1-26-15-8-6-14(7-9-15)25-20-17(12-22-25)19(21-11-16-3-2-10-27-16)23-18(24-20)13-4-5-13/h6-9,12-13,16H,2-5,10-11H2,1H3,(H,21,23,24). The van der Waals surface area contributed by atoms with Crippen molar-refractivity contribution in [2.75, 3.05) is 25.6 Å². The number of methoxy groups -OCH3 is 1. The number of nitrogens with one attached hydrogen (secondary N) is 1. The normalized spacial score (nSPS) is 19.5. The van der Waals surface area contributed by atoms with Crippen molar-refractivity contribution < 1.29 is 9.47 Å². The maximum Gasteiger partial charge on any atom is 0.168 e. The molecular formula is C20H23N5O2. The Morgan fingerprint density at radius 3 is 2.74 bits per heavy atom. The summed E-state index contributed by atoms with van der Waals surface area (Å²) in [6.45, 7) is 1.62. The first-order valence-corrected chi connectivity index (χ1v) is 9.57. The lowest BCUT2D eigenvalue weighted by Gasteiger charge is -2.13. The second-order valence-electron chi connectivity index (χ2n) is 7.21. The summed E-state index contributed by atoms with van der Waals surface area (Å²) in [5.41, 5.74) is 1.79. The van der Waals surface area contributed by atoms with Crippen molar-refractivity contribution in [2.24, 2.45) is 0 Å². The van der Waals surface area contributed by atoms with Gasteiger partial charge >= 0.3 is 0 Å². The van der Waals surface area contributed by atoms with Crippen molar-refractivity contribution in [3.63, 3.8) is 0 Å². The van der Waals surface area contributed by atoms with Gasteiger partial charge in [-0.2, -0.15) is 5.10 Å². The molecule has 1 saturated heterocycles. The van der Waals surface area contributed by atoms with Crippen LogP contribution in [0.2, 0.25) is 0 Å². The molecule has 1 aliphatic heterocycles. The van der Waals surface area contributed by atoms with Crippen molar-refractivity contribution in [3.8, 4) is 11.4 Å². The van der Waals surface area contributed by atoms with Crippen molar-refractivity contribution in [2.45, 2.75) is 37.7 Å². The molecule has 2 aliphatic rings. The zero-order chi connectivity index (χ0) is 18.2. The Labute approximate surface area is 157 Å². The highest BCUT2D eigenvalue weighted by Crippen LogP contribution is 2.39. The van der Waals surface area contributed by atoms with Crippen LogP contribution in [0.4, 0.5) is 5.82 Å². The summed E-state index contributed by atoms with van der Waals surface area (Å²) in [5, 5.41) is 9.01. The van der Waals surface area contributed by atoms with Gasteiger partial charge in [0.05, 0.1) is 30.5 Å². The van der Waals surface area contributed by atoms with E-state index in [0.29, 0.717) is 5.92 Å². The van der Waals surface area contributed by atoms with E-state index in [1.54, 1.807) is 7.11 Å². The number of anilines is 1. The lowest BCUT2D eigenvalue weighted by molar-refractivity contribution is 0.120. The molecule has 1 N–H and O–H groups in total. The van der Waals surface area contributed by atoms with Gasteiger partial charge in [-0.1, -0.05) is 0 Å². The smallest absolute Gasteiger partial charge is 0.168 e. The van der Waals surface area contributed by atoms with Gasteiger partial charge in [0.25, 0.3) is 0 Å². The molecule has 7 nitrogen and oxygen atoms in total. The van der Waals surface area contributed by atoms with E-state index in [-0.39, 0.29) is 6.10 Å². The molecule has 0 bridgehead atoms. The van der Waals surface area contributed by atoms with Crippen LogP contribution in [0.15, 0.2) is 30.5 Å². The lowest BCUT2D eigenvalue weighted by Crippen LogP contribution is -2.19. The number of ether oxygens (including phenoxy) is 2. The van der Waals surface area contributed by atoms with E-state index in [0.717, 1.165) is 72.9 Å². The number of aromatic nitrogens is 4. The largest absolute Gasteiger partial charge is 0.497 e. The molecule has 2 fully saturated rings. The van der Waals surface area contributed by atoms with E-state index < -0.39 is 0 Å². The predicted molar refractivity (Wildman–Crippen MR) is 103 cm³/mol. The maximum absolute atomic E-state index is 5.73. The zero-order valence-electron chi connectivity index (χ0n) is 15.4. The van der Waals surface area contributed by atoms with E-state index in [4.69, 9.17) is 19.4 Å². The number of benzene rings is 1. The molecule has 27 heavy (non-hydrogen) atoms. The fraction of sp³-hybridized carbons (Fsp3) is 0.450.